The lowest BCUT2D eigenvalue weighted by Crippen LogP contribution is -2.27. The Morgan fingerprint density at radius 3 is 2.58 bits per heavy atom. The van der Waals surface area contributed by atoms with Crippen LogP contribution < -0.4 is 5.32 Å². The van der Waals surface area contributed by atoms with Crippen molar-refractivity contribution in [2.24, 2.45) is 16.3 Å². The summed E-state index contributed by atoms with van der Waals surface area (Å²) in [6, 6.07) is 11.0. The highest BCUT2D eigenvalue weighted by atomic mass is 35.5. The number of carbonyl (C=O) groups is 1. The Morgan fingerprint density at radius 2 is 1.90 bits per heavy atom. The molecule has 0 aliphatic heterocycles. The second-order valence-corrected chi connectivity index (χ2v) is 10.5. The monoisotopic (exact) mass is 451 g/mol. The fourth-order valence-electron chi connectivity index (χ4n) is 3.95. The molecule has 1 aliphatic carbocycles. The third kappa shape index (κ3) is 5.05. The van der Waals surface area contributed by atoms with E-state index in [1.54, 1.807) is 42.1 Å². The summed E-state index contributed by atoms with van der Waals surface area (Å²) in [6.45, 7) is 6.90. The first-order chi connectivity index (χ1) is 14.8. The van der Waals surface area contributed by atoms with E-state index in [9.17, 15) is 4.79 Å². The number of pyridine rings is 1. The Hall–Kier alpha value is -2.50. The first-order valence-corrected chi connectivity index (χ1v) is 11.7. The third-order valence-electron chi connectivity index (χ3n) is 5.84. The van der Waals surface area contributed by atoms with E-state index in [-0.39, 0.29) is 11.3 Å². The molecular formula is C25H26ClN3OS. The lowest BCUT2D eigenvalue weighted by Gasteiger charge is -2.33. The first kappa shape index (κ1) is 21.7. The van der Waals surface area contributed by atoms with Gasteiger partial charge in [0.25, 0.3) is 5.91 Å². The zero-order valence-electron chi connectivity index (χ0n) is 18.0. The average Bonchev–Trinajstić information content (AvgIpc) is 3.12. The van der Waals surface area contributed by atoms with Gasteiger partial charge in [-0.2, -0.15) is 0 Å². The molecule has 0 radical (unpaired) electrons. The fourth-order valence-corrected chi connectivity index (χ4v) is 5.34. The van der Waals surface area contributed by atoms with Crippen LogP contribution in [-0.4, -0.2) is 17.1 Å². The molecule has 6 heteroatoms. The molecule has 4 nitrogen and oxygen atoms in total. The van der Waals surface area contributed by atoms with Crippen molar-refractivity contribution in [2.75, 3.05) is 5.32 Å². The summed E-state index contributed by atoms with van der Waals surface area (Å²) in [6.07, 6.45) is 8.27. The SMILES string of the molecule is CC(C)(C)[C@@H]1CCc2c(sc(N=Cc3ccncc3)c2C(=O)Nc2ccc(Cl)cc2)C1. The van der Waals surface area contributed by atoms with Crippen LogP contribution in [0.3, 0.4) is 0 Å². The van der Waals surface area contributed by atoms with Crippen molar-refractivity contribution in [3.8, 4) is 0 Å². The van der Waals surface area contributed by atoms with Gasteiger partial charge in [-0.15, -0.1) is 11.3 Å². The number of thiophene rings is 1. The zero-order chi connectivity index (χ0) is 22.0. The number of nitrogens with zero attached hydrogens (tertiary/aromatic N) is 2. The lowest BCUT2D eigenvalue weighted by atomic mass is 9.72. The zero-order valence-corrected chi connectivity index (χ0v) is 19.6. The maximum atomic E-state index is 13.3. The highest BCUT2D eigenvalue weighted by Crippen LogP contribution is 2.45. The lowest BCUT2D eigenvalue weighted by molar-refractivity contribution is 0.102. The molecule has 1 atom stereocenters. The summed E-state index contributed by atoms with van der Waals surface area (Å²) in [4.78, 5) is 23.4. The average molecular weight is 452 g/mol. The summed E-state index contributed by atoms with van der Waals surface area (Å²) in [5.74, 6) is 0.485. The van der Waals surface area contributed by atoms with Gasteiger partial charge in [0.15, 0.2) is 0 Å². The second-order valence-electron chi connectivity index (χ2n) is 8.99. The Balaban J connectivity index is 1.69. The predicted octanol–water partition coefficient (Wildman–Crippen LogP) is 6.95. The van der Waals surface area contributed by atoms with Crippen molar-refractivity contribution in [3.63, 3.8) is 0 Å². The molecule has 0 saturated carbocycles. The summed E-state index contributed by atoms with van der Waals surface area (Å²) in [7, 11) is 0. The Labute approximate surface area is 192 Å². The summed E-state index contributed by atoms with van der Waals surface area (Å²) in [5, 5.41) is 4.43. The number of fused-ring (bicyclic) bond motifs is 1. The van der Waals surface area contributed by atoms with Gasteiger partial charge in [0.05, 0.1) is 5.56 Å². The van der Waals surface area contributed by atoms with E-state index in [0.717, 1.165) is 41.1 Å². The van der Waals surface area contributed by atoms with Crippen LogP contribution in [-0.2, 0) is 12.8 Å². The molecule has 1 amide bonds. The fraction of sp³-hybridized carbons (Fsp3) is 0.320. The van der Waals surface area contributed by atoms with E-state index in [2.05, 4.69) is 31.1 Å². The van der Waals surface area contributed by atoms with Gasteiger partial charge in [0.1, 0.15) is 5.00 Å². The predicted molar refractivity (Wildman–Crippen MR) is 130 cm³/mol. The quantitative estimate of drug-likeness (QED) is 0.436. The largest absolute Gasteiger partial charge is 0.322 e. The minimum atomic E-state index is -0.115. The van der Waals surface area contributed by atoms with Gasteiger partial charge in [-0.1, -0.05) is 32.4 Å². The van der Waals surface area contributed by atoms with Crippen molar-refractivity contribution >= 4 is 45.7 Å². The number of halogens is 1. The van der Waals surface area contributed by atoms with Crippen molar-refractivity contribution in [3.05, 3.63) is 75.4 Å². The number of benzene rings is 1. The molecule has 31 heavy (non-hydrogen) atoms. The molecule has 0 spiro atoms. The number of anilines is 1. The van der Waals surface area contributed by atoms with E-state index in [0.29, 0.717) is 16.5 Å². The van der Waals surface area contributed by atoms with Crippen LogP contribution in [0.4, 0.5) is 10.7 Å². The molecule has 4 rings (SSSR count). The van der Waals surface area contributed by atoms with Crippen LogP contribution in [0.15, 0.2) is 53.8 Å². The van der Waals surface area contributed by atoms with Crippen LogP contribution in [0.5, 0.6) is 0 Å². The van der Waals surface area contributed by atoms with Gasteiger partial charge in [0.2, 0.25) is 0 Å². The smallest absolute Gasteiger partial charge is 0.259 e. The van der Waals surface area contributed by atoms with Crippen molar-refractivity contribution in [2.45, 2.75) is 40.0 Å². The third-order valence-corrected chi connectivity index (χ3v) is 7.25. The van der Waals surface area contributed by atoms with Gasteiger partial charge >= 0.3 is 0 Å². The molecule has 2 heterocycles. The molecule has 160 valence electrons. The van der Waals surface area contributed by atoms with Crippen LogP contribution in [0, 0.1) is 11.3 Å². The van der Waals surface area contributed by atoms with E-state index in [1.807, 2.05) is 24.3 Å². The molecule has 1 aliphatic rings. The molecule has 1 aromatic carbocycles. The Morgan fingerprint density at radius 1 is 1.19 bits per heavy atom. The van der Waals surface area contributed by atoms with Crippen molar-refractivity contribution in [1.29, 1.82) is 0 Å². The van der Waals surface area contributed by atoms with Crippen molar-refractivity contribution < 1.29 is 4.79 Å². The van der Waals surface area contributed by atoms with Crippen LogP contribution in [0.25, 0.3) is 0 Å². The molecule has 2 aromatic heterocycles. The minimum absolute atomic E-state index is 0.115. The van der Waals surface area contributed by atoms with Gasteiger partial charge in [0, 0.05) is 34.2 Å². The van der Waals surface area contributed by atoms with Gasteiger partial charge < -0.3 is 5.32 Å². The topological polar surface area (TPSA) is 54.4 Å². The Bertz CT molecular complexity index is 1100. The van der Waals surface area contributed by atoms with Crippen molar-refractivity contribution in [1.82, 2.24) is 4.98 Å². The number of hydrogen-bond acceptors (Lipinski definition) is 4. The number of nitrogens with one attached hydrogen (secondary N) is 1. The summed E-state index contributed by atoms with van der Waals surface area (Å²) >= 11 is 7.63. The van der Waals surface area contributed by atoms with Crippen LogP contribution in [0.2, 0.25) is 5.02 Å². The standard InChI is InChI=1S/C25H26ClN3OS/c1-25(2,3)17-4-9-20-21(14-17)31-24(28-15-16-10-12-27-13-11-16)22(20)23(30)29-19-7-5-18(26)6-8-19/h5-8,10-13,15,17H,4,9,14H2,1-3H3,(H,29,30)/t17-/m1/s1. The van der Waals surface area contributed by atoms with E-state index >= 15 is 0 Å². The number of rotatable bonds is 4. The molecule has 0 saturated heterocycles. The normalized spacial score (nSPS) is 16.3. The van der Waals surface area contributed by atoms with Gasteiger partial charge in [-0.3, -0.25) is 9.78 Å². The maximum Gasteiger partial charge on any atom is 0.259 e. The molecule has 0 fully saturated rings. The molecule has 0 bridgehead atoms. The highest BCUT2D eigenvalue weighted by molar-refractivity contribution is 7.16. The molecular weight excluding hydrogens is 426 g/mol. The number of aromatic nitrogens is 1. The van der Waals surface area contributed by atoms with E-state index in [4.69, 9.17) is 16.6 Å². The van der Waals surface area contributed by atoms with E-state index < -0.39 is 0 Å². The van der Waals surface area contributed by atoms with Gasteiger partial charge in [-0.05, 0) is 78.1 Å². The minimum Gasteiger partial charge on any atom is -0.322 e. The number of aliphatic imine (C=N–C) groups is 1. The second kappa shape index (κ2) is 8.93. The Kier molecular flexibility index (Phi) is 6.26. The summed E-state index contributed by atoms with van der Waals surface area (Å²) < 4.78 is 0. The first-order valence-electron chi connectivity index (χ1n) is 10.5. The van der Waals surface area contributed by atoms with Crippen LogP contribution >= 0.6 is 22.9 Å². The number of carbonyl (C=O) groups excluding carboxylic acids is 1. The van der Waals surface area contributed by atoms with Crippen LogP contribution in [0.1, 0.15) is 53.6 Å². The maximum absolute atomic E-state index is 13.3. The highest BCUT2D eigenvalue weighted by Gasteiger charge is 2.33. The van der Waals surface area contributed by atoms with Gasteiger partial charge in [-0.25, -0.2) is 4.99 Å². The number of amides is 1. The van der Waals surface area contributed by atoms with E-state index in [1.165, 1.54) is 4.88 Å². The molecule has 1 N–H and O–H groups in total. The molecule has 3 aromatic rings. The summed E-state index contributed by atoms with van der Waals surface area (Å²) in [5.41, 5.74) is 3.78. The number of hydrogen-bond donors (Lipinski definition) is 1. The molecule has 0 unspecified atom stereocenters.